The molecule has 0 spiro atoms. The molecule has 1 unspecified atom stereocenters. The van der Waals surface area contributed by atoms with E-state index >= 15 is 0 Å². The van der Waals surface area contributed by atoms with E-state index in [0.29, 0.717) is 12.3 Å². The van der Waals surface area contributed by atoms with Crippen molar-refractivity contribution in [3.63, 3.8) is 0 Å². The number of amides is 1. The zero-order chi connectivity index (χ0) is 21.2. The van der Waals surface area contributed by atoms with E-state index in [1.165, 1.54) is 12.1 Å². The summed E-state index contributed by atoms with van der Waals surface area (Å²) in [5, 5.41) is 4.67. The van der Waals surface area contributed by atoms with Crippen molar-refractivity contribution in [1.29, 1.82) is 0 Å². The van der Waals surface area contributed by atoms with Gasteiger partial charge in [-0.15, -0.1) is 11.8 Å². The third-order valence-electron chi connectivity index (χ3n) is 5.31. The highest BCUT2D eigenvalue weighted by atomic mass is 32.2. The second-order valence-corrected chi connectivity index (χ2v) is 8.46. The van der Waals surface area contributed by atoms with Crippen LogP contribution in [-0.4, -0.2) is 26.3 Å². The number of thioether (sulfide) groups is 1. The summed E-state index contributed by atoms with van der Waals surface area (Å²) < 4.78 is 15.4. The molecule has 1 fully saturated rings. The molecule has 154 valence electrons. The van der Waals surface area contributed by atoms with E-state index in [-0.39, 0.29) is 17.1 Å². The van der Waals surface area contributed by atoms with Gasteiger partial charge in [-0.05, 0) is 42.0 Å². The summed E-state index contributed by atoms with van der Waals surface area (Å²) in [4.78, 5) is 14.7. The average Bonchev–Trinajstić information content (AvgIpc) is 3.40. The van der Waals surface area contributed by atoms with Gasteiger partial charge in [-0.25, -0.2) is 9.07 Å². The van der Waals surface area contributed by atoms with E-state index in [9.17, 15) is 9.18 Å². The first kappa shape index (κ1) is 19.6. The summed E-state index contributed by atoms with van der Waals surface area (Å²) in [6, 6.07) is 26.2. The first-order chi connectivity index (χ1) is 15.2. The first-order valence-electron chi connectivity index (χ1n) is 10.0. The average molecular weight is 430 g/mol. The molecule has 1 atom stereocenters. The lowest BCUT2D eigenvalue weighted by atomic mass is 10.1. The Kier molecular flexibility index (Phi) is 5.30. The standard InChI is InChI=1S/C25H20FN3OS/c26-20-13-11-19(12-14-20)24-22(16-29(27-24)21-9-5-2-6-10-21)25-28(23(30)17-31-25)15-18-7-3-1-4-8-18/h1-14,16,25H,15,17H2. The van der Waals surface area contributed by atoms with Crippen molar-refractivity contribution in [3.8, 4) is 16.9 Å². The van der Waals surface area contributed by atoms with Crippen LogP contribution in [0.5, 0.6) is 0 Å². The number of benzene rings is 3. The van der Waals surface area contributed by atoms with Crippen molar-refractivity contribution in [1.82, 2.24) is 14.7 Å². The Hall–Kier alpha value is -3.38. The van der Waals surface area contributed by atoms with Crippen LogP contribution in [0.25, 0.3) is 16.9 Å². The summed E-state index contributed by atoms with van der Waals surface area (Å²) in [6.07, 6.45) is 1.99. The van der Waals surface area contributed by atoms with Gasteiger partial charge in [0.1, 0.15) is 11.2 Å². The fourth-order valence-corrected chi connectivity index (χ4v) is 4.97. The Morgan fingerprint density at radius 2 is 1.61 bits per heavy atom. The molecule has 2 heterocycles. The largest absolute Gasteiger partial charge is 0.321 e. The van der Waals surface area contributed by atoms with Crippen LogP contribution in [0.4, 0.5) is 4.39 Å². The van der Waals surface area contributed by atoms with Crippen molar-refractivity contribution in [3.05, 3.63) is 108 Å². The highest BCUT2D eigenvalue weighted by molar-refractivity contribution is 8.00. The lowest BCUT2D eigenvalue weighted by Crippen LogP contribution is -2.27. The summed E-state index contributed by atoms with van der Waals surface area (Å²) >= 11 is 1.60. The lowest BCUT2D eigenvalue weighted by molar-refractivity contribution is -0.128. The number of hydrogen-bond acceptors (Lipinski definition) is 3. The molecule has 4 nitrogen and oxygen atoms in total. The molecule has 1 aliphatic heterocycles. The van der Waals surface area contributed by atoms with Gasteiger partial charge in [0.25, 0.3) is 0 Å². The van der Waals surface area contributed by atoms with Gasteiger partial charge in [-0.3, -0.25) is 4.79 Å². The van der Waals surface area contributed by atoms with Gasteiger partial charge in [-0.1, -0.05) is 48.5 Å². The van der Waals surface area contributed by atoms with Gasteiger partial charge in [0.05, 0.1) is 17.1 Å². The number of rotatable bonds is 5. The second-order valence-electron chi connectivity index (χ2n) is 7.39. The third-order valence-corrected chi connectivity index (χ3v) is 6.55. The quantitative estimate of drug-likeness (QED) is 0.423. The topological polar surface area (TPSA) is 38.1 Å². The van der Waals surface area contributed by atoms with Gasteiger partial charge < -0.3 is 4.90 Å². The molecule has 0 saturated carbocycles. The first-order valence-corrected chi connectivity index (χ1v) is 11.1. The fraction of sp³-hybridized carbons (Fsp3) is 0.120. The van der Waals surface area contributed by atoms with Crippen LogP contribution in [0.15, 0.2) is 91.1 Å². The van der Waals surface area contributed by atoms with E-state index in [2.05, 4.69) is 0 Å². The molecule has 0 radical (unpaired) electrons. The minimum atomic E-state index is -0.288. The maximum absolute atomic E-state index is 13.5. The molecule has 0 aliphatic carbocycles. The normalized spacial score (nSPS) is 16.1. The highest BCUT2D eigenvalue weighted by Gasteiger charge is 2.35. The van der Waals surface area contributed by atoms with Gasteiger partial charge in [-0.2, -0.15) is 5.10 Å². The van der Waals surface area contributed by atoms with Gasteiger partial charge in [0.15, 0.2) is 0 Å². The molecule has 1 saturated heterocycles. The number of carbonyl (C=O) groups is 1. The minimum absolute atomic E-state index is 0.108. The smallest absolute Gasteiger partial charge is 0.234 e. The number of para-hydroxylation sites is 1. The zero-order valence-corrected chi connectivity index (χ0v) is 17.5. The summed E-state index contributed by atoms with van der Waals surface area (Å²) in [6.45, 7) is 0.538. The monoisotopic (exact) mass is 429 g/mol. The molecule has 0 N–H and O–H groups in total. The van der Waals surface area contributed by atoms with Crippen LogP contribution in [0.3, 0.4) is 0 Å². The van der Waals surface area contributed by atoms with Crippen molar-refractivity contribution in [2.24, 2.45) is 0 Å². The maximum Gasteiger partial charge on any atom is 0.234 e. The lowest BCUT2D eigenvalue weighted by Gasteiger charge is -2.24. The Labute approximate surface area is 184 Å². The number of hydrogen-bond donors (Lipinski definition) is 0. The summed E-state index contributed by atoms with van der Waals surface area (Å²) in [5.74, 6) is 0.247. The Morgan fingerprint density at radius 3 is 2.32 bits per heavy atom. The molecular formula is C25H20FN3OS. The Morgan fingerprint density at radius 1 is 0.935 bits per heavy atom. The van der Waals surface area contributed by atoms with Gasteiger partial charge in [0.2, 0.25) is 5.91 Å². The van der Waals surface area contributed by atoms with Crippen molar-refractivity contribution < 1.29 is 9.18 Å². The summed E-state index contributed by atoms with van der Waals surface area (Å²) in [7, 11) is 0. The fourth-order valence-electron chi connectivity index (χ4n) is 3.78. The van der Waals surface area contributed by atoms with Crippen molar-refractivity contribution in [2.45, 2.75) is 11.9 Å². The predicted octanol–water partition coefficient (Wildman–Crippen LogP) is 5.45. The molecule has 4 aromatic rings. The Bertz CT molecular complexity index is 1190. The highest BCUT2D eigenvalue weighted by Crippen LogP contribution is 2.43. The molecule has 1 aromatic heterocycles. The van der Waals surface area contributed by atoms with Crippen LogP contribution < -0.4 is 0 Å². The maximum atomic E-state index is 13.5. The van der Waals surface area contributed by atoms with Crippen LogP contribution in [0.1, 0.15) is 16.5 Å². The van der Waals surface area contributed by atoms with E-state index in [0.717, 1.165) is 28.1 Å². The molecule has 3 aromatic carbocycles. The van der Waals surface area contributed by atoms with Crippen LogP contribution in [0, 0.1) is 5.82 Å². The van der Waals surface area contributed by atoms with Crippen molar-refractivity contribution >= 4 is 17.7 Å². The molecule has 1 aliphatic rings. The molecular weight excluding hydrogens is 409 g/mol. The molecule has 5 rings (SSSR count). The minimum Gasteiger partial charge on any atom is -0.321 e. The zero-order valence-electron chi connectivity index (χ0n) is 16.7. The van der Waals surface area contributed by atoms with E-state index in [1.54, 1.807) is 23.9 Å². The Balaban J connectivity index is 1.58. The van der Waals surface area contributed by atoms with Crippen LogP contribution >= 0.6 is 11.8 Å². The number of nitrogens with zero attached hydrogens (tertiary/aromatic N) is 3. The van der Waals surface area contributed by atoms with Crippen LogP contribution in [0.2, 0.25) is 0 Å². The third kappa shape index (κ3) is 3.99. The van der Waals surface area contributed by atoms with Crippen molar-refractivity contribution in [2.75, 3.05) is 5.75 Å². The van der Waals surface area contributed by atoms with E-state index in [1.807, 2.05) is 76.4 Å². The molecule has 0 bridgehead atoms. The van der Waals surface area contributed by atoms with E-state index in [4.69, 9.17) is 5.10 Å². The molecule has 6 heteroatoms. The number of carbonyl (C=O) groups excluding carboxylic acids is 1. The summed E-state index contributed by atoms with van der Waals surface area (Å²) in [5.41, 5.74) is 4.55. The SMILES string of the molecule is O=C1CSC(c2cn(-c3ccccc3)nc2-c2ccc(F)cc2)N1Cc1ccccc1. The number of aromatic nitrogens is 2. The van der Waals surface area contributed by atoms with Gasteiger partial charge >= 0.3 is 0 Å². The van der Waals surface area contributed by atoms with Crippen LogP contribution in [-0.2, 0) is 11.3 Å². The van der Waals surface area contributed by atoms with Gasteiger partial charge in [0, 0.05) is 23.9 Å². The van der Waals surface area contributed by atoms with E-state index < -0.39 is 0 Å². The second kappa shape index (κ2) is 8.40. The molecule has 1 amide bonds. The number of halogens is 1. The molecule has 31 heavy (non-hydrogen) atoms. The predicted molar refractivity (Wildman–Crippen MR) is 121 cm³/mol.